The largest absolute Gasteiger partial charge is 0.400 e. The Morgan fingerprint density at radius 3 is 2.74 bits per heavy atom. The van der Waals surface area contributed by atoms with E-state index in [9.17, 15) is 10.1 Å². The Labute approximate surface area is 166 Å². The number of hydrogen-bond donors (Lipinski definition) is 1. The summed E-state index contributed by atoms with van der Waals surface area (Å²) in [5.41, 5.74) is 3.05. The van der Waals surface area contributed by atoms with Crippen LogP contribution >= 0.6 is 23.4 Å². The molecule has 1 aliphatic rings. The summed E-state index contributed by atoms with van der Waals surface area (Å²) >= 11 is 7.88. The Balaban J connectivity index is 0.00000102. The Morgan fingerprint density at radius 2 is 2.11 bits per heavy atom. The summed E-state index contributed by atoms with van der Waals surface area (Å²) in [6.45, 7) is 0. The van der Waals surface area contributed by atoms with E-state index in [-0.39, 0.29) is 4.75 Å². The molecule has 0 bridgehead atoms. The lowest BCUT2D eigenvalue weighted by Crippen LogP contribution is -2.34. The molecule has 1 aliphatic carbocycles. The maximum absolute atomic E-state index is 11.6. The Kier molecular flexibility index (Phi) is 5.85. The fraction of sp³-hybridized carbons (Fsp3) is 0.250. The molecule has 3 heterocycles. The van der Waals surface area contributed by atoms with Gasteiger partial charge >= 0.3 is 0 Å². The van der Waals surface area contributed by atoms with Gasteiger partial charge in [-0.15, -0.1) is 11.8 Å². The van der Waals surface area contributed by atoms with Gasteiger partial charge in [-0.05, 0) is 43.5 Å². The number of pyridine rings is 2. The smallest absolute Gasteiger partial charge is 0.136 e. The molecule has 0 saturated heterocycles. The first-order valence-corrected chi connectivity index (χ1v) is 9.61. The van der Waals surface area contributed by atoms with Crippen molar-refractivity contribution in [2.45, 2.75) is 28.9 Å². The molecule has 5 nitrogen and oxygen atoms in total. The van der Waals surface area contributed by atoms with Crippen LogP contribution in [-0.2, 0) is 4.79 Å². The number of rotatable bonds is 4. The van der Waals surface area contributed by atoms with Crippen molar-refractivity contribution in [3.63, 3.8) is 0 Å². The van der Waals surface area contributed by atoms with Gasteiger partial charge in [0.15, 0.2) is 0 Å². The molecule has 1 N–H and O–H groups in total. The van der Waals surface area contributed by atoms with Crippen molar-refractivity contribution in [2.75, 3.05) is 7.11 Å². The second kappa shape index (κ2) is 8.13. The number of halogens is 1. The summed E-state index contributed by atoms with van der Waals surface area (Å²) in [6.07, 6.45) is 9.36. The zero-order chi connectivity index (χ0) is 19.4. The average Bonchev–Trinajstić information content (AvgIpc) is 3.08. The lowest BCUT2D eigenvalue weighted by molar-refractivity contribution is -0.111. The van der Waals surface area contributed by atoms with Gasteiger partial charge in [-0.25, -0.2) is 0 Å². The molecule has 0 aliphatic heterocycles. The van der Waals surface area contributed by atoms with Crippen LogP contribution in [0.3, 0.4) is 0 Å². The molecular formula is C20H18ClN3O2S. The van der Waals surface area contributed by atoms with Gasteiger partial charge in [0, 0.05) is 36.2 Å². The van der Waals surface area contributed by atoms with Crippen molar-refractivity contribution >= 4 is 35.2 Å². The number of aldehydes is 1. The third-order valence-corrected chi connectivity index (χ3v) is 6.46. The third-order valence-electron chi connectivity index (χ3n) is 4.66. The van der Waals surface area contributed by atoms with Crippen LogP contribution < -0.4 is 0 Å². The number of nitriles is 1. The normalized spacial score (nSPS) is 14.6. The quantitative estimate of drug-likeness (QED) is 0.660. The number of hydrogen-bond acceptors (Lipinski definition) is 5. The second-order valence-electron chi connectivity index (χ2n) is 6.14. The first kappa shape index (κ1) is 19.4. The predicted octanol–water partition coefficient (Wildman–Crippen LogP) is 4.35. The first-order valence-electron chi connectivity index (χ1n) is 8.41. The molecule has 0 aromatic carbocycles. The molecule has 3 aromatic heterocycles. The van der Waals surface area contributed by atoms with E-state index in [1.54, 1.807) is 36.3 Å². The summed E-state index contributed by atoms with van der Waals surface area (Å²) in [5, 5.41) is 16.9. The second-order valence-corrected chi connectivity index (χ2v) is 8.00. The highest BCUT2D eigenvalue weighted by Crippen LogP contribution is 2.48. The number of thioether (sulfide) groups is 1. The van der Waals surface area contributed by atoms with Gasteiger partial charge in [0.2, 0.25) is 0 Å². The monoisotopic (exact) mass is 399 g/mol. The summed E-state index contributed by atoms with van der Waals surface area (Å²) in [6, 6.07) is 9.58. The van der Waals surface area contributed by atoms with Crippen LogP contribution in [0.15, 0.2) is 47.8 Å². The van der Waals surface area contributed by atoms with Gasteiger partial charge in [0.25, 0.3) is 0 Å². The van der Waals surface area contributed by atoms with Gasteiger partial charge < -0.3 is 14.3 Å². The van der Waals surface area contributed by atoms with Crippen LogP contribution in [0.4, 0.5) is 0 Å². The number of carbonyl (C=O) groups excluding carboxylic acids is 1. The average molecular weight is 400 g/mol. The molecule has 0 amide bonds. The van der Waals surface area contributed by atoms with E-state index in [0.717, 1.165) is 48.8 Å². The fourth-order valence-electron chi connectivity index (χ4n) is 3.15. The first-order chi connectivity index (χ1) is 13.2. The summed E-state index contributed by atoms with van der Waals surface area (Å²) in [5.74, 6) is 0. The van der Waals surface area contributed by atoms with E-state index in [1.807, 2.05) is 22.7 Å². The zero-order valence-corrected chi connectivity index (χ0v) is 16.3. The molecule has 0 unspecified atom stereocenters. The molecule has 0 spiro atoms. The van der Waals surface area contributed by atoms with Crippen molar-refractivity contribution < 1.29 is 9.90 Å². The molecule has 0 radical (unpaired) electrons. The minimum Gasteiger partial charge on any atom is -0.400 e. The summed E-state index contributed by atoms with van der Waals surface area (Å²) in [7, 11) is 1.00. The topological polar surface area (TPSA) is 78.4 Å². The van der Waals surface area contributed by atoms with E-state index in [1.165, 1.54) is 0 Å². The molecular weight excluding hydrogens is 382 g/mol. The zero-order valence-electron chi connectivity index (χ0n) is 14.7. The van der Waals surface area contributed by atoms with Crippen molar-refractivity contribution in [1.82, 2.24) is 9.38 Å². The van der Waals surface area contributed by atoms with E-state index >= 15 is 0 Å². The Hall–Kier alpha value is -2.33. The van der Waals surface area contributed by atoms with Crippen LogP contribution in [0.1, 0.15) is 24.8 Å². The molecule has 0 atom stereocenters. The SMILES string of the molecule is CO.N#Cc1ccc(-c2cnccc2SC2(C=O)CCC2)n2ccc(Cl)c12. The van der Waals surface area contributed by atoms with Crippen LogP contribution in [0.5, 0.6) is 0 Å². The third kappa shape index (κ3) is 3.46. The molecule has 27 heavy (non-hydrogen) atoms. The van der Waals surface area contributed by atoms with Gasteiger partial charge in [0.1, 0.15) is 12.4 Å². The number of carbonyl (C=O) groups is 1. The molecule has 7 heteroatoms. The van der Waals surface area contributed by atoms with Crippen molar-refractivity contribution in [2.24, 2.45) is 0 Å². The highest BCUT2D eigenvalue weighted by atomic mass is 35.5. The molecule has 3 aromatic rings. The van der Waals surface area contributed by atoms with Crippen molar-refractivity contribution in [3.8, 4) is 17.3 Å². The van der Waals surface area contributed by atoms with Crippen LogP contribution in [0.2, 0.25) is 5.02 Å². The Morgan fingerprint density at radius 1 is 1.33 bits per heavy atom. The number of aliphatic hydroxyl groups excluding tert-OH is 1. The Bertz CT molecular complexity index is 1020. The highest BCUT2D eigenvalue weighted by molar-refractivity contribution is 8.01. The van der Waals surface area contributed by atoms with Crippen molar-refractivity contribution in [3.05, 3.63) is 53.4 Å². The van der Waals surface area contributed by atoms with E-state index in [2.05, 4.69) is 11.1 Å². The van der Waals surface area contributed by atoms with E-state index < -0.39 is 0 Å². The van der Waals surface area contributed by atoms with Crippen LogP contribution in [-0.4, -0.2) is 32.6 Å². The van der Waals surface area contributed by atoms with Gasteiger partial charge in [-0.2, -0.15) is 5.26 Å². The maximum Gasteiger partial charge on any atom is 0.136 e. The molecule has 4 rings (SSSR count). The minimum absolute atomic E-state index is 0.323. The van der Waals surface area contributed by atoms with E-state index in [0.29, 0.717) is 16.1 Å². The number of fused-ring (bicyclic) bond motifs is 1. The number of aromatic nitrogens is 2. The molecule has 1 saturated carbocycles. The predicted molar refractivity (Wildman–Crippen MR) is 107 cm³/mol. The maximum atomic E-state index is 11.6. The fourth-order valence-corrected chi connectivity index (χ4v) is 4.77. The lowest BCUT2D eigenvalue weighted by atomic mass is 9.86. The highest BCUT2D eigenvalue weighted by Gasteiger charge is 2.38. The number of nitrogens with zero attached hydrogens (tertiary/aromatic N) is 3. The van der Waals surface area contributed by atoms with E-state index in [4.69, 9.17) is 16.7 Å². The minimum atomic E-state index is -0.323. The van der Waals surface area contributed by atoms with Gasteiger partial charge in [-0.3, -0.25) is 4.98 Å². The summed E-state index contributed by atoms with van der Waals surface area (Å²) in [4.78, 5) is 16.8. The standard InChI is InChI=1S/C19H14ClN3OS.CH4O/c20-15-5-9-23-16(3-2-13(10-21)18(15)23)14-11-22-8-4-17(14)25-19(12-24)6-1-7-19;1-2/h2-5,8-9,11-12H,1,6-7H2;2H,1H3. The van der Waals surface area contributed by atoms with Crippen molar-refractivity contribution in [1.29, 1.82) is 5.26 Å². The van der Waals surface area contributed by atoms with Gasteiger partial charge in [-0.1, -0.05) is 11.6 Å². The summed E-state index contributed by atoms with van der Waals surface area (Å²) < 4.78 is 1.59. The van der Waals surface area contributed by atoms with Crippen LogP contribution in [0, 0.1) is 11.3 Å². The van der Waals surface area contributed by atoms with Crippen LogP contribution in [0.25, 0.3) is 16.8 Å². The van der Waals surface area contributed by atoms with Gasteiger partial charge in [0.05, 0.1) is 26.5 Å². The lowest BCUT2D eigenvalue weighted by Gasteiger charge is -2.36. The number of aliphatic hydroxyl groups is 1. The molecule has 1 fully saturated rings. The molecule has 138 valence electrons.